The summed E-state index contributed by atoms with van der Waals surface area (Å²) >= 11 is 0. The van der Waals surface area contributed by atoms with E-state index in [9.17, 15) is 0 Å². The molecule has 7 heteroatoms. The Morgan fingerprint density at radius 2 is 2.47 bits per heavy atom. The van der Waals surface area contributed by atoms with Crippen molar-refractivity contribution in [2.75, 3.05) is 19.7 Å². The number of hydrogen-bond acceptors (Lipinski definition) is 6. The molecule has 0 aromatic carbocycles. The van der Waals surface area contributed by atoms with E-state index in [1.807, 2.05) is 17.8 Å². The van der Waals surface area contributed by atoms with E-state index in [1.165, 1.54) is 0 Å². The molecule has 0 aliphatic carbocycles. The predicted octanol–water partition coefficient (Wildman–Crippen LogP) is 0.131. The van der Waals surface area contributed by atoms with Crippen LogP contribution in [0.5, 0.6) is 0 Å². The molecule has 1 aliphatic rings. The van der Waals surface area contributed by atoms with Gasteiger partial charge in [-0.15, -0.1) is 0 Å². The van der Waals surface area contributed by atoms with E-state index >= 15 is 0 Å². The zero-order valence-corrected chi connectivity index (χ0v) is 9.46. The van der Waals surface area contributed by atoms with Gasteiger partial charge in [-0.05, 0) is 0 Å². The van der Waals surface area contributed by atoms with Crippen LogP contribution in [0.4, 0.5) is 0 Å². The van der Waals surface area contributed by atoms with Crippen molar-refractivity contribution in [3.05, 3.63) is 18.3 Å². The highest BCUT2D eigenvalue weighted by atomic mass is 16.5. The van der Waals surface area contributed by atoms with E-state index < -0.39 is 0 Å². The molecular weight excluding hydrogens is 222 g/mol. The first kappa shape index (κ1) is 10.4. The van der Waals surface area contributed by atoms with Gasteiger partial charge in [-0.25, -0.2) is 4.98 Å². The Kier molecular flexibility index (Phi) is 2.62. The maximum Gasteiger partial charge on any atom is 0.278 e. The fourth-order valence-electron chi connectivity index (χ4n) is 1.72. The maximum absolute atomic E-state index is 5.55. The molecule has 0 bridgehead atoms. The highest BCUT2D eigenvalue weighted by molar-refractivity contribution is 5.44. The van der Waals surface area contributed by atoms with Gasteiger partial charge in [0.2, 0.25) is 5.82 Å². The molecular formula is C10H13N5O2. The lowest BCUT2D eigenvalue weighted by molar-refractivity contribution is 0.0208. The summed E-state index contributed by atoms with van der Waals surface area (Å²) < 4.78 is 12.5. The lowest BCUT2D eigenvalue weighted by Gasteiger charge is -2.20. The number of imidazole rings is 1. The lowest BCUT2D eigenvalue weighted by Crippen LogP contribution is -2.33. The average Bonchev–Trinajstić information content (AvgIpc) is 2.98. The Balaban J connectivity index is 1.82. The number of nitrogens with one attached hydrogen (secondary N) is 1. The van der Waals surface area contributed by atoms with Gasteiger partial charge in [0.15, 0.2) is 0 Å². The third-order valence-corrected chi connectivity index (χ3v) is 2.58. The first-order valence-corrected chi connectivity index (χ1v) is 5.47. The summed E-state index contributed by atoms with van der Waals surface area (Å²) in [5.41, 5.74) is 0.676. The number of rotatable bonds is 2. The van der Waals surface area contributed by atoms with E-state index in [4.69, 9.17) is 9.26 Å². The van der Waals surface area contributed by atoms with E-state index in [2.05, 4.69) is 20.4 Å². The van der Waals surface area contributed by atoms with E-state index in [0.717, 1.165) is 6.54 Å². The number of nitrogens with zero attached hydrogens (tertiary/aromatic N) is 4. The van der Waals surface area contributed by atoms with E-state index in [0.29, 0.717) is 30.6 Å². The van der Waals surface area contributed by atoms with E-state index in [-0.39, 0.29) is 6.10 Å². The molecule has 1 unspecified atom stereocenters. The normalized spacial score (nSPS) is 20.6. The average molecular weight is 235 g/mol. The predicted molar refractivity (Wildman–Crippen MR) is 58.1 cm³/mol. The van der Waals surface area contributed by atoms with Gasteiger partial charge >= 0.3 is 0 Å². The second kappa shape index (κ2) is 4.27. The molecule has 1 N–H and O–H groups in total. The van der Waals surface area contributed by atoms with Crippen LogP contribution in [0.3, 0.4) is 0 Å². The van der Waals surface area contributed by atoms with Gasteiger partial charge in [0.1, 0.15) is 11.8 Å². The molecule has 0 amide bonds. The van der Waals surface area contributed by atoms with Crippen molar-refractivity contribution < 1.29 is 9.26 Å². The molecule has 17 heavy (non-hydrogen) atoms. The fraction of sp³-hybridized carbons (Fsp3) is 0.500. The summed E-state index contributed by atoms with van der Waals surface area (Å²) in [7, 11) is 1.89. The summed E-state index contributed by atoms with van der Waals surface area (Å²) in [4.78, 5) is 8.45. The summed E-state index contributed by atoms with van der Waals surface area (Å²) in [5, 5.41) is 7.15. The summed E-state index contributed by atoms with van der Waals surface area (Å²) in [6.07, 6.45) is 3.39. The van der Waals surface area contributed by atoms with Crippen molar-refractivity contribution in [3.63, 3.8) is 0 Å². The summed E-state index contributed by atoms with van der Waals surface area (Å²) in [5.74, 6) is 0.993. The zero-order chi connectivity index (χ0) is 11.7. The first-order valence-electron chi connectivity index (χ1n) is 5.47. The van der Waals surface area contributed by atoms with E-state index in [1.54, 1.807) is 6.33 Å². The van der Waals surface area contributed by atoms with Gasteiger partial charge in [-0.2, -0.15) is 4.98 Å². The molecule has 0 radical (unpaired) electrons. The van der Waals surface area contributed by atoms with Crippen LogP contribution in [0, 0.1) is 0 Å². The third-order valence-electron chi connectivity index (χ3n) is 2.58. The fourth-order valence-corrected chi connectivity index (χ4v) is 1.72. The molecule has 1 fully saturated rings. The van der Waals surface area contributed by atoms with Crippen molar-refractivity contribution in [2.45, 2.75) is 6.10 Å². The SMILES string of the molecule is Cn1cnc(-c2nc(C3CNCCO3)no2)c1. The van der Waals surface area contributed by atoms with Crippen molar-refractivity contribution in [3.8, 4) is 11.6 Å². The van der Waals surface area contributed by atoms with Crippen LogP contribution in [0.15, 0.2) is 17.0 Å². The minimum absolute atomic E-state index is 0.134. The molecule has 1 atom stereocenters. The van der Waals surface area contributed by atoms with Gasteiger partial charge in [-0.3, -0.25) is 0 Å². The quantitative estimate of drug-likeness (QED) is 0.797. The van der Waals surface area contributed by atoms with Gasteiger partial charge in [0, 0.05) is 26.3 Å². The Hall–Kier alpha value is -1.73. The Morgan fingerprint density at radius 1 is 1.53 bits per heavy atom. The maximum atomic E-state index is 5.55. The van der Waals surface area contributed by atoms with Crippen LogP contribution in [-0.2, 0) is 11.8 Å². The van der Waals surface area contributed by atoms with Gasteiger partial charge < -0.3 is 19.1 Å². The number of ether oxygens (including phenoxy) is 1. The highest BCUT2D eigenvalue weighted by Crippen LogP contribution is 2.19. The molecule has 0 saturated carbocycles. The van der Waals surface area contributed by atoms with Crippen molar-refractivity contribution in [1.82, 2.24) is 25.0 Å². The molecule has 7 nitrogen and oxygen atoms in total. The standard InChI is InChI=1S/C10H13N5O2/c1-15-5-7(12-6-15)10-13-9(14-17-10)8-4-11-2-3-16-8/h5-6,8,11H,2-4H2,1H3. The van der Waals surface area contributed by atoms with Crippen LogP contribution < -0.4 is 5.32 Å². The third kappa shape index (κ3) is 2.06. The lowest BCUT2D eigenvalue weighted by atomic mass is 10.3. The summed E-state index contributed by atoms with van der Waals surface area (Å²) in [6, 6.07) is 0. The van der Waals surface area contributed by atoms with Crippen molar-refractivity contribution in [2.24, 2.45) is 7.05 Å². The van der Waals surface area contributed by atoms with Gasteiger partial charge in [0.05, 0.1) is 12.9 Å². The molecule has 2 aromatic rings. The molecule has 1 aliphatic heterocycles. The molecule has 90 valence electrons. The summed E-state index contributed by atoms with van der Waals surface area (Å²) in [6.45, 7) is 2.24. The zero-order valence-electron chi connectivity index (χ0n) is 9.46. The van der Waals surface area contributed by atoms with Crippen LogP contribution in [0.25, 0.3) is 11.6 Å². The monoisotopic (exact) mass is 235 g/mol. The van der Waals surface area contributed by atoms with Crippen LogP contribution in [-0.4, -0.2) is 39.4 Å². The number of aryl methyl sites for hydroxylation is 1. The van der Waals surface area contributed by atoms with Gasteiger partial charge in [0.25, 0.3) is 5.89 Å². The Bertz CT molecular complexity index is 500. The molecule has 1 saturated heterocycles. The Morgan fingerprint density at radius 3 is 3.18 bits per heavy atom. The topological polar surface area (TPSA) is 78.0 Å². The van der Waals surface area contributed by atoms with Gasteiger partial charge in [-0.1, -0.05) is 5.16 Å². The second-order valence-electron chi connectivity index (χ2n) is 3.95. The smallest absolute Gasteiger partial charge is 0.278 e. The minimum atomic E-state index is -0.134. The Labute approximate surface area is 97.8 Å². The van der Waals surface area contributed by atoms with Crippen molar-refractivity contribution in [1.29, 1.82) is 0 Å². The highest BCUT2D eigenvalue weighted by Gasteiger charge is 2.22. The minimum Gasteiger partial charge on any atom is -0.367 e. The molecule has 3 heterocycles. The van der Waals surface area contributed by atoms with Crippen molar-refractivity contribution >= 4 is 0 Å². The van der Waals surface area contributed by atoms with Crippen LogP contribution in [0.1, 0.15) is 11.9 Å². The first-order chi connectivity index (χ1) is 8.33. The second-order valence-corrected chi connectivity index (χ2v) is 3.95. The van der Waals surface area contributed by atoms with Crippen LogP contribution >= 0.6 is 0 Å². The largest absolute Gasteiger partial charge is 0.367 e. The number of hydrogen-bond donors (Lipinski definition) is 1. The number of morpholine rings is 1. The molecule has 3 rings (SSSR count). The van der Waals surface area contributed by atoms with Crippen LogP contribution in [0.2, 0.25) is 0 Å². The number of aromatic nitrogens is 4. The molecule has 2 aromatic heterocycles. The molecule has 0 spiro atoms.